The lowest BCUT2D eigenvalue weighted by Gasteiger charge is -2.12. The van der Waals surface area contributed by atoms with Crippen molar-refractivity contribution in [1.29, 1.82) is 0 Å². The maximum atomic E-state index is 11.5. The SMILES string of the molecule is O=C(NCCCl)C1CCCCCC1. The van der Waals surface area contributed by atoms with Crippen LogP contribution in [0.3, 0.4) is 0 Å². The summed E-state index contributed by atoms with van der Waals surface area (Å²) in [5.41, 5.74) is 0. The maximum Gasteiger partial charge on any atom is 0.223 e. The van der Waals surface area contributed by atoms with Crippen LogP contribution in [0.2, 0.25) is 0 Å². The van der Waals surface area contributed by atoms with E-state index in [-0.39, 0.29) is 11.8 Å². The fourth-order valence-electron chi connectivity index (χ4n) is 1.86. The van der Waals surface area contributed by atoms with Crippen LogP contribution >= 0.6 is 11.6 Å². The molecule has 1 N–H and O–H groups in total. The van der Waals surface area contributed by atoms with E-state index in [9.17, 15) is 4.79 Å². The van der Waals surface area contributed by atoms with Crippen molar-refractivity contribution in [3.63, 3.8) is 0 Å². The maximum absolute atomic E-state index is 11.5. The fraction of sp³-hybridized carbons (Fsp3) is 0.900. The van der Waals surface area contributed by atoms with E-state index in [2.05, 4.69) is 5.32 Å². The van der Waals surface area contributed by atoms with Crippen molar-refractivity contribution < 1.29 is 4.79 Å². The molecule has 76 valence electrons. The number of carbonyl (C=O) groups is 1. The van der Waals surface area contributed by atoms with E-state index in [1.54, 1.807) is 0 Å². The second-order valence-electron chi connectivity index (χ2n) is 3.67. The summed E-state index contributed by atoms with van der Waals surface area (Å²) in [5, 5.41) is 2.86. The molecule has 2 nitrogen and oxygen atoms in total. The van der Waals surface area contributed by atoms with Gasteiger partial charge in [0.1, 0.15) is 0 Å². The molecule has 0 heterocycles. The van der Waals surface area contributed by atoms with E-state index in [0.29, 0.717) is 12.4 Å². The van der Waals surface area contributed by atoms with Crippen molar-refractivity contribution in [2.24, 2.45) is 5.92 Å². The number of hydrogen-bond donors (Lipinski definition) is 1. The number of hydrogen-bond acceptors (Lipinski definition) is 1. The number of nitrogens with one attached hydrogen (secondary N) is 1. The number of amides is 1. The van der Waals surface area contributed by atoms with Crippen LogP contribution in [0.5, 0.6) is 0 Å². The molecule has 3 heteroatoms. The molecule has 1 rings (SSSR count). The molecule has 1 fully saturated rings. The van der Waals surface area contributed by atoms with Crippen molar-refractivity contribution in [1.82, 2.24) is 5.32 Å². The van der Waals surface area contributed by atoms with Crippen LogP contribution in [-0.4, -0.2) is 18.3 Å². The van der Waals surface area contributed by atoms with E-state index in [0.717, 1.165) is 12.8 Å². The summed E-state index contributed by atoms with van der Waals surface area (Å²) in [7, 11) is 0. The van der Waals surface area contributed by atoms with Gasteiger partial charge >= 0.3 is 0 Å². The molecule has 1 aliphatic rings. The number of alkyl halides is 1. The van der Waals surface area contributed by atoms with Gasteiger partial charge in [-0.25, -0.2) is 0 Å². The average molecular weight is 204 g/mol. The van der Waals surface area contributed by atoms with Gasteiger partial charge in [0.15, 0.2) is 0 Å². The van der Waals surface area contributed by atoms with Crippen LogP contribution in [-0.2, 0) is 4.79 Å². The Kier molecular flexibility index (Phi) is 5.21. The Hall–Kier alpha value is -0.240. The second-order valence-corrected chi connectivity index (χ2v) is 4.05. The van der Waals surface area contributed by atoms with Crippen LogP contribution in [0.25, 0.3) is 0 Å². The van der Waals surface area contributed by atoms with Crippen molar-refractivity contribution in [3.05, 3.63) is 0 Å². The van der Waals surface area contributed by atoms with Crippen LogP contribution in [0.1, 0.15) is 38.5 Å². The minimum atomic E-state index is 0.211. The summed E-state index contributed by atoms with van der Waals surface area (Å²) in [5.74, 6) is 0.978. The first-order valence-corrected chi connectivity index (χ1v) is 5.71. The standard InChI is InChI=1S/C10H18ClNO/c11-7-8-12-10(13)9-5-3-1-2-4-6-9/h9H,1-8H2,(H,12,13). The van der Waals surface area contributed by atoms with Gasteiger partial charge in [0.2, 0.25) is 5.91 Å². The lowest BCUT2D eigenvalue weighted by Crippen LogP contribution is -2.31. The zero-order valence-electron chi connectivity index (χ0n) is 8.02. The highest BCUT2D eigenvalue weighted by Gasteiger charge is 2.18. The molecule has 0 spiro atoms. The Labute approximate surface area is 85.0 Å². The highest BCUT2D eigenvalue weighted by Crippen LogP contribution is 2.22. The van der Waals surface area contributed by atoms with Crippen LogP contribution in [0, 0.1) is 5.92 Å². The van der Waals surface area contributed by atoms with E-state index in [1.165, 1.54) is 25.7 Å². The summed E-state index contributed by atoms with van der Waals surface area (Å²) in [4.78, 5) is 11.5. The molecular formula is C10H18ClNO. The van der Waals surface area contributed by atoms with Gasteiger partial charge in [0.25, 0.3) is 0 Å². The zero-order valence-corrected chi connectivity index (χ0v) is 8.78. The monoisotopic (exact) mass is 203 g/mol. The highest BCUT2D eigenvalue weighted by molar-refractivity contribution is 6.18. The van der Waals surface area contributed by atoms with Crippen molar-refractivity contribution >= 4 is 17.5 Å². The molecule has 0 unspecified atom stereocenters. The second kappa shape index (κ2) is 6.25. The number of carbonyl (C=O) groups excluding carboxylic acids is 1. The van der Waals surface area contributed by atoms with Crippen molar-refractivity contribution in [3.8, 4) is 0 Å². The van der Waals surface area contributed by atoms with E-state index in [4.69, 9.17) is 11.6 Å². The zero-order chi connectivity index (χ0) is 9.52. The molecule has 0 aromatic heterocycles. The van der Waals surface area contributed by atoms with Gasteiger partial charge in [-0.15, -0.1) is 11.6 Å². The van der Waals surface area contributed by atoms with Gasteiger partial charge in [0, 0.05) is 18.3 Å². The van der Waals surface area contributed by atoms with E-state index >= 15 is 0 Å². The molecule has 1 saturated carbocycles. The minimum Gasteiger partial charge on any atom is -0.355 e. The molecule has 13 heavy (non-hydrogen) atoms. The topological polar surface area (TPSA) is 29.1 Å². The van der Waals surface area contributed by atoms with Crippen LogP contribution in [0.15, 0.2) is 0 Å². The molecule has 0 aromatic rings. The minimum absolute atomic E-state index is 0.211. The van der Waals surface area contributed by atoms with Crippen LogP contribution < -0.4 is 5.32 Å². The number of halogens is 1. The normalized spacial score (nSPS) is 19.5. The molecular weight excluding hydrogens is 186 g/mol. The molecule has 0 bridgehead atoms. The Balaban J connectivity index is 2.26. The lowest BCUT2D eigenvalue weighted by atomic mass is 10.00. The quantitative estimate of drug-likeness (QED) is 0.554. The summed E-state index contributed by atoms with van der Waals surface area (Å²) in [6.07, 6.45) is 7.12. The molecule has 0 radical (unpaired) electrons. The molecule has 1 amide bonds. The Bertz CT molecular complexity index is 153. The van der Waals surface area contributed by atoms with Gasteiger partial charge in [-0.1, -0.05) is 25.7 Å². The highest BCUT2D eigenvalue weighted by atomic mass is 35.5. The molecule has 1 aliphatic carbocycles. The third-order valence-electron chi connectivity index (χ3n) is 2.62. The molecule has 0 saturated heterocycles. The fourth-order valence-corrected chi connectivity index (χ4v) is 1.95. The predicted molar refractivity (Wildman–Crippen MR) is 54.9 cm³/mol. The van der Waals surface area contributed by atoms with E-state index in [1.807, 2.05) is 0 Å². The summed E-state index contributed by atoms with van der Waals surface area (Å²) >= 11 is 5.50. The van der Waals surface area contributed by atoms with Gasteiger partial charge in [-0.3, -0.25) is 4.79 Å². The van der Waals surface area contributed by atoms with Gasteiger partial charge in [-0.2, -0.15) is 0 Å². The Morgan fingerprint density at radius 1 is 1.23 bits per heavy atom. The lowest BCUT2D eigenvalue weighted by molar-refractivity contribution is -0.125. The predicted octanol–water partition coefficient (Wildman–Crippen LogP) is 2.31. The van der Waals surface area contributed by atoms with Crippen LogP contribution in [0.4, 0.5) is 0 Å². The van der Waals surface area contributed by atoms with Gasteiger partial charge in [0.05, 0.1) is 0 Å². The van der Waals surface area contributed by atoms with E-state index < -0.39 is 0 Å². The first-order chi connectivity index (χ1) is 6.34. The average Bonchev–Trinajstić information content (AvgIpc) is 2.42. The molecule has 0 atom stereocenters. The molecule has 0 aromatic carbocycles. The Morgan fingerprint density at radius 3 is 2.38 bits per heavy atom. The van der Waals surface area contributed by atoms with Gasteiger partial charge < -0.3 is 5.32 Å². The molecule has 0 aliphatic heterocycles. The smallest absolute Gasteiger partial charge is 0.223 e. The van der Waals surface area contributed by atoms with Gasteiger partial charge in [-0.05, 0) is 12.8 Å². The first-order valence-electron chi connectivity index (χ1n) is 5.18. The first kappa shape index (κ1) is 10.8. The Morgan fingerprint density at radius 2 is 1.85 bits per heavy atom. The summed E-state index contributed by atoms with van der Waals surface area (Å²) < 4.78 is 0. The third kappa shape index (κ3) is 3.99. The van der Waals surface area contributed by atoms with Crippen molar-refractivity contribution in [2.45, 2.75) is 38.5 Å². The third-order valence-corrected chi connectivity index (χ3v) is 2.81. The number of rotatable bonds is 3. The largest absolute Gasteiger partial charge is 0.355 e. The summed E-state index contributed by atoms with van der Waals surface area (Å²) in [6.45, 7) is 0.608. The summed E-state index contributed by atoms with van der Waals surface area (Å²) in [6, 6.07) is 0. The van der Waals surface area contributed by atoms with Crippen molar-refractivity contribution in [2.75, 3.05) is 12.4 Å².